The first-order valence-corrected chi connectivity index (χ1v) is 5.35. The molecule has 2 N–H and O–H groups in total. The van der Waals surface area contributed by atoms with E-state index in [-0.39, 0.29) is 17.0 Å². The van der Waals surface area contributed by atoms with E-state index in [1.54, 1.807) is 0 Å². The number of nitrogens with one attached hydrogen (secondary N) is 1. The first-order valence-electron chi connectivity index (χ1n) is 5.35. The van der Waals surface area contributed by atoms with Gasteiger partial charge in [0.15, 0.2) is 0 Å². The third kappa shape index (κ3) is 3.10. The summed E-state index contributed by atoms with van der Waals surface area (Å²) < 4.78 is 5.15. The van der Waals surface area contributed by atoms with E-state index >= 15 is 0 Å². The largest absolute Gasteiger partial charge is 0.478 e. The molecule has 0 amide bonds. The lowest BCUT2D eigenvalue weighted by Crippen LogP contribution is -2.37. The topological polar surface area (TPSA) is 62.5 Å². The highest BCUT2D eigenvalue weighted by molar-refractivity contribution is 5.88. The Morgan fingerprint density at radius 3 is 2.69 bits per heavy atom. The van der Waals surface area contributed by atoms with E-state index in [0.717, 1.165) is 0 Å². The van der Waals surface area contributed by atoms with Gasteiger partial charge in [0, 0.05) is 6.04 Å². The monoisotopic (exact) mass is 225 g/mol. The van der Waals surface area contributed by atoms with E-state index in [1.165, 1.54) is 12.3 Å². The third-order valence-electron chi connectivity index (χ3n) is 2.84. The number of aromatic carboxylic acids is 1. The van der Waals surface area contributed by atoms with Gasteiger partial charge in [-0.25, -0.2) is 4.79 Å². The second-order valence-electron chi connectivity index (χ2n) is 5.03. The van der Waals surface area contributed by atoms with Crippen LogP contribution in [0.4, 0.5) is 0 Å². The van der Waals surface area contributed by atoms with Crippen molar-refractivity contribution in [3.63, 3.8) is 0 Å². The molecule has 90 valence electrons. The minimum absolute atomic E-state index is 0.135. The van der Waals surface area contributed by atoms with Gasteiger partial charge in [0.25, 0.3) is 0 Å². The van der Waals surface area contributed by atoms with E-state index in [0.29, 0.717) is 12.3 Å². The van der Waals surface area contributed by atoms with Crippen molar-refractivity contribution in [1.29, 1.82) is 0 Å². The Labute approximate surface area is 95.7 Å². The fourth-order valence-corrected chi connectivity index (χ4v) is 1.22. The van der Waals surface area contributed by atoms with Crippen LogP contribution in [-0.4, -0.2) is 17.1 Å². The molecule has 1 atom stereocenters. The first-order chi connectivity index (χ1) is 7.32. The van der Waals surface area contributed by atoms with Gasteiger partial charge in [-0.3, -0.25) is 0 Å². The van der Waals surface area contributed by atoms with Crippen LogP contribution in [0.2, 0.25) is 0 Å². The zero-order valence-electron chi connectivity index (χ0n) is 10.2. The molecular weight excluding hydrogens is 206 g/mol. The van der Waals surface area contributed by atoms with Crippen molar-refractivity contribution in [3.05, 3.63) is 23.7 Å². The van der Waals surface area contributed by atoms with Crippen molar-refractivity contribution in [2.24, 2.45) is 5.41 Å². The quantitative estimate of drug-likeness (QED) is 0.826. The first kappa shape index (κ1) is 12.8. The number of rotatable bonds is 4. The van der Waals surface area contributed by atoms with Crippen LogP contribution in [0.25, 0.3) is 0 Å². The van der Waals surface area contributed by atoms with Gasteiger partial charge in [-0.15, -0.1) is 0 Å². The van der Waals surface area contributed by atoms with E-state index in [2.05, 4.69) is 33.0 Å². The molecule has 0 aliphatic rings. The summed E-state index contributed by atoms with van der Waals surface area (Å²) in [4.78, 5) is 10.8. The Balaban J connectivity index is 2.62. The average Bonchev–Trinajstić information content (AvgIpc) is 2.60. The molecule has 0 aromatic carbocycles. The SMILES string of the molecule is CC(NCc1occc1C(=O)O)C(C)(C)C. The number of carbonyl (C=O) groups is 1. The summed E-state index contributed by atoms with van der Waals surface area (Å²) in [5, 5.41) is 12.2. The third-order valence-corrected chi connectivity index (χ3v) is 2.84. The average molecular weight is 225 g/mol. The molecular formula is C12H19NO3. The Kier molecular flexibility index (Phi) is 3.75. The lowest BCUT2D eigenvalue weighted by Gasteiger charge is -2.27. The molecule has 0 aliphatic heterocycles. The Bertz CT molecular complexity index is 363. The van der Waals surface area contributed by atoms with Gasteiger partial charge in [-0.1, -0.05) is 20.8 Å². The molecule has 0 spiro atoms. The van der Waals surface area contributed by atoms with Crippen LogP contribution in [-0.2, 0) is 6.54 Å². The summed E-state index contributed by atoms with van der Waals surface area (Å²) in [7, 11) is 0. The molecule has 0 fully saturated rings. The van der Waals surface area contributed by atoms with Crippen LogP contribution < -0.4 is 5.32 Å². The van der Waals surface area contributed by atoms with Gasteiger partial charge in [0.1, 0.15) is 11.3 Å². The minimum Gasteiger partial charge on any atom is -0.478 e. The van der Waals surface area contributed by atoms with Crippen molar-refractivity contribution in [2.75, 3.05) is 0 Å². The van der Waals surface area contributed by atoms with Crippen LogP contribution in [0.15, 0.2) is 16.7 Å². The molecule has 1 aromatic rings. The molecule has 0 saturated carbocycles. The van der Waals surface area contributed by atoms with Crippen molar-refractivity contribution in [2.45, 2.75) is 40.3 Å². The molecule has 0 saturated heterocycles. The fraction of sp³-hybridized carbons (Fsp3) is 0.583. The van der Waals surface area contributed by atoms with Gasteiger partial charge >= 0.3 is 5.97 Å². The van der Waals surface area contributed by atoms with Crippen LogP contribution in [0.3, 0.4) is 0 Å². The van der Waals surface area contributed by atoms with Crippen LogP contribution >= 0.6 is 0 Å². The number of hydrogen-bond donors (Lipinski definition) is 2. The fourth-order valence-electron chi connectivity index (χ4n) is 1.22. The predicted molar refractivity (Wildman–Crippen MR) is 61.4 cm³/mol. The number of carboxylic acid groups (broad SMARTS) is 1. The molecule has 4 nitrogen and oxygen atoms in total. The highest BCUT2D eigenvalue weighted by atomic mass is 16.4. The lowest BCUT2D eigenvalue weighted by atomic mass is 9.88. The van der Waals surface area contributed by atoms with Crippen LogP contribution in [0.1, 0.15) is 43.8 Å². The lowest BCUT2D eigenvalue weighted by molar-refractivity contribution is 0.0694. The maximum absolute atomic E-state index is 10.8. The smallest absolute Gasteiger partial charge is 0.339 e. The second kappa shape index (κ2) is 4.70. The molecule has 1 unspecified atom stereocenters. The Hall–Kier alpha value is -1.29. The maximum Gasteiger partial charge on any atom is 0.339 e. The van der Waals surface area contributed by atoms with Crippen molar-refractivity contribution >= 4 is 5.97 Å². The van der Waals surface area contributed by atoms with E-state index < -0.39 is 5.97 Å². The molecule has 4 heteroatoms. The summed E-state index contributed by atoms with van der Waals surface area (Å²) in [5.41, 5.74) is 0.365. The zero-order valence-corrected chi connectivity index (χ0v) is 10.2. The summed E-state index contributed by atoms with van der Waals surface area (Å²) >= 11 is 0. The summed E-state index contributed by atoms with van der Waals surface area (Å²) in [6.07, 6.45) is 1.40. The Morgan fingerprint density at radius 1 is 1.56 bits per heavy atom. The van der Waals surface area contributed by atoms with E-state index in [9.17, 15) is 4.79 Å². The van der Waals surface area contributed by atoms with Gasteiger partial charge in [-0.05, 0) is 18.4 Å². The van der Waals surface area contributed by atoms with Gasteiger partial charge in [-0.2, -0.15) is 0 Å². The van der Waals surface area contributed by atoms with E-state index in [1.807, 2.05) is 0 Å². The van der Waals surface area contributed by atoms with Crippen LogP contribution in [0.5, 0.6) is 0 Å². The van der Waals surface area contributed by atoms with Crippen molar-refractivity contribution in [1.82, 2.24) is 5.32 Å². The molecule has 1 rings (SSSR count). The zero-order chi connectivity index (χ0) is 12.3. The minimum atomic E-state index is -0.950. The van der Waals surface area contributed by atoms with Crippen molar-refractivity contribution < 1.29 is 14.3 Å². The molecule has 0 aliphatic carbocycles. The molecule has 1 heterocycles. The van der Waals surface area contributed by atoms with Crippen LogP contribution in [0, 0.1) is 5.41 Å². The summed E-state index contributed by atoms with van der Waals surface area (Å²) in [6, 6.07) is 1.75. The van der Waals surface area contributed by atoms with Gasteiger partial charge in [0.05, 0.1) is 12.8 Å². The van der Waals surface area contributed by atoms with Gasteiger partial charge < -0.3 is 14.8 Å². The Morgan fingerprint density at radius 2 is 2.19 bits per heavy atom. The molecule has 0 radical (unpaired) electrons. The summed E-state index contributed by atoms with van der Waals surface area (Å²) in [5.74, 6) is -0.474. The second-order valence-corrected chi connectivity index (χ2v) is 5.03. The van der Waals surface area contributed by atoms with Crippen molar-refractivity contribution in [3.8, 4) is 0 Å². The standard InChI is InChI=1S/C12H19NO3/c1-8(12(2,3)4)13-7-10-9(11(14)15)5-6-16-10/h5-6,8,13H,7H2,1-4H3,(H,14,15). The van der Waals surface area contributed by atoms with Gasteiger partial charge in [0.2, 0.25) is 0 Å². The highest BCUT2D eigenvalue weighted by Gasteiger charge is 2.21. The number of carboxylic acids is 1. The maximum atomic E-state index is 10.8. The highest BCUT2D eigenvalue weighted by Crippen LogP contribution is 2.19. The summed E-state index contributed by atoms with van der Waals surface area (Å²) in [6.45, 7) is 8.90. The predicted octanol–water partition coefficient (Wildman–Crippen LogP) is 2.50. The molecule has 0 bridgehead atoms. The molecule has 1 aromatic heterocycles. The molecule has 16 heavy (non-hydrogen) atoms. The number of furan rings is 1. The number of hydrogen-bond acceptors (Lipinski definition) is 3. The van der Waals surface area contributed by atoms with E-state index in [4.69, 9.17) is 9.52 Å². The normalized spacial score (nSPS) is 13.8.